The second-order valence-corrected chi connectivity index (χ2v) is 9.01. The number of carbonyl (C=O) groups excluding carboxylic acids is 3. The first-order chi connectivity index (χ1) is 21.1. The highest BCUT2D eigenvalue weighted by atomic mass is 35.5. The van der Waals surface area contributed by atoms with E-state index in [1.54, 1.807) is 24.4 Å². The standard InChI is InChI=1S/C15H14F3N3O.C13H8F3NO.C2H6N2O.ClH/c16-15(17,18)12-3-1-10(2-4-12)11-5-6-21-13(7-11)8-20-9-14(19)22;14-13(15,16)11-3-1-9(2-4-11)10-5-6-17-12(7-10)8-18;3-1-2(4)5;/h1-7,20H,8-9H2,(H2,19,22);1-8H;1,3H2,(H2,4,5);1H. The van der Waals surface area contributed by atoms with Crippen molar-refractivity contribution >= 4 is 30.5 Å². The molecule has 0 aliphatic heterocycles. The maximum absolute atomic E-state index is 12.5. The maximum Gasteiger partial charge on any atom is 0.416 e. The molecular formula is C30H29ClF6N6O3. The van der Waals surface area contributed by atoms with Gasteiger partial charge in [0, 0.05) is 18.9 Å². The lowest BCUT2D eigenvalue weighted by atomic mass is 10.0. The van der Waals surface area contributed by atoms with E-state index in [-0.39, 0.29) is 31.2 Å². The van der Waals surface area contributed by atoms with Crippen molar-refractivity contribution in [1.29, 1.82) is 0 Å². The third-order valence-electron chi connectivity index (χ3n) is 5.62. The van der Waals surface area contributed by atoms with E-state index in [9.17, 15) is 40.7 Å². The number of benzene rings is 2. The molecule has 0 spiro atoms. The lowest BCUT2D eigenvalue weighted by Gasteiger charge is -2.09. The van der Waals surface area contributed by atoms with E-state index in [0.29, 0.717) is 35.2 Å². The number of rotatable bonds is 8. The highest BCUT2D eigenvalue weighted by Crippen LogP contribution is 2.32. The number of aromatic nitrogens is 2. The van der Waals surface area contributed by atoms with E-state index in [0.717, 1.165) is 29.8 Å². The fraction of sp³-hybridized carbons (Fsp3) is 0.167. The summed E-state index contributed by atoms with van der Waals surface area (Å²) in [6.07, 6.45) is -5.09. The SMILES string of the molecule is Cl.NC(=O)CNCc1cc(-c2ccc(C(F)(F)F)cc2)ccn1.NCC(N)=O.O=Cc1cc(-c2ccc(C(F)(F)F)cc2)ccn1. The Bertz CT molecular complexity index is 1570. The van der Waals surface area contributed by atoms with Gasteiger partial charge in [-0.1, -0.05) is 24.3 Å². The number of primary amides is 2. The maximum atomic E-state index is 12.5. The van der Waals surface area contributed by atoms with Crippen LogP contribution in [0.25, 0.3) is 22.3 Å². The number of halogens is 7. The molecular weight excluding hydrogens is 642 g/mol. The Morgan fingerprint density at radius 1 is 0.696 bits per heavy atom. The van der Waals surface area contributed by atoms with E-state index < -0.39 is 35.3 Å². The fourth-order valence-electron chi connectivity index (χ4n) is 3.46. The van der Waals surface area contributed by atoms with Crippen molar-refractivity contribution < 1.29 is 40.7 Å². The molecule has 2 aromatic carbocycles. The number of pyridine rings is 2. The Hall–Kier alpha value is -4.86. The number of aldehydes is 1. The van der Waals surface area contributed by atoms with Gasteiger partial charge in [-0.15, -0.1) is 12.4 Å². The minimum atomic E-state index is -4.35. The third-order valence-corrected chi connectivity index (χ3v) is 5.62. The zero-order chi connectivity index (χ0) is 33.6. The molecule has 0 saturated heterocycles. The molecule has 9 nitrogen and oxygen atoms in total. The molecule has 2 heterocycles. The Kier molecular flexibility index (Phi) is 15.5. The molecule has 0 bridgehead atoms. The molecule has 16 heteroatoms. The summed E-state index contributed by atoms with van der Waals surface area (Å²) < 4.78 is 74.8. The third kappa shape index (κ3) is 13.4. The summed E-state index contributed by atoms with van der Waals surface area (Å²) in [5, 5.41) is 2.82. The van der Waals surface area contributed by atoms with Crippen molar-refractivity contribution in [2.24, 2.45) is 17.2 Å². The van der Waals surface area contributed by atoms with E-state index in [1.807, 2.05) is 0 Å². The van der Waals surface area contributed by atoms with E-state index in [2.05, 4.69) is 21.0 Å². The monoisotopic (exact) mass is 670 g/mol. The van der Waals surface area contributed by atoms with Crippen molar-refractivity contribution in [2.75, 3.05) is 13.1 Å². The van der Waals surface area contributed by atoms with Crippen LogP contribution in [0.3, 0.4) is 0 Å². The van der Waals surface area contributed by atoms with Crippen LogP contribution in [-0.2, 0) is 28.5 Å². The quantitative estimate of drug-likeness (QED) is 0.155. The predicted molar refractivity (Wildman–Crippen MR) is 161 cm³/mol. The molecule has 0 aliphatic carbocycles. The van der Waals surface area contributed by atoms with E-state index in [1.165, 1.54) is 36.5 Å². The average Bonchev–Trinajstić information content (AvgIpc) is 3.01. The molecule has 2 amide bonds. The van der Waals surface area contributed by atoms with Crippen LogP contribution in [0.2, 0.25) is 0 Å². The Labute approximate surface area is 265 Å². The number of nitrogens with zero attached hydrogens (tertiary/aromatic N) is 2. The molecule has 0 unspecified atom stereocenters. The zero-order valence-electron chi connectivity index (χ0n) is 23.8. The van der Waals surface area contributed by atoms with Gasteiger partial charge in [-0.05, 0) is 70.8 Å². The van der Waals surface area contributed by atoms with Crippen molar-refractivity contribution in [3.05, 3.63) is 108 Å². The summed E-state index contributed by atoms with van der Waals surface area (Å²) in [6.45, 7) is 0.323. The Balaban J connectivity index is 0.000000399. The molecule has 0 aliphatic rings. The van der Waals surface area contributed by atoms with Gasteiger partial charge < -0.3 is 22.5 Å². The van der Waals surface area contributed by atoms with Gasteiger partial charge in [-0.3, -0.25) is 24.4 Å². The number of hydrogen-bond acceptors (Lipinski definition) is 7. The zero-order valence-corrected chi connectivity index (χ0v) is 24.6. The van der Waals surface area contributed by atoms with Gasteiger partial charge in [0.15, 0.2) is 6.29 Å². The van der Waals surface area contributed by atoms with Crippen molar-refractivity contribution in [3.63, 3.8) is 0 Å². The molecule has 0 atom stereocenters. The van der Waals surface area contributed by atoms with Gasteiger partial charge in [0.1, 0.15) is 5.69 Å². The molecule has 0 fully saturated rings. The Morgan fingerprint density at radius 3 is 1.52 bits per heavy atom. The first-order valence-electron chi connectivity index (χ1n) is 12.8. The number of alkyl halides is 6. The van der Waals surface area contributed by atoms with Crippen molar-refractivity contribution in [1.82, 2.24) is 15.3 Å². The topological polar surface area (TPSA) is 167 Å². The van der Waals surface area contributed by atoms with Crippen LogP contribution in [-0.4, -0.2) is 41.2 Å². The van der Waals surface area contributed by atoms with Gasteiger partial charge in [0.05, 0.1) is 29.9 Å². The Morgan fingerprint density at radius 2 is 1.13 bits per heavy atom. The first-order valence-corrected chi connectivity index (χ1v) is 12.8. The normalized spacial score (nSPS) is 10.7. The van der Waals surface area contributed by atoms with Crippen LogP contribution in [0.4, 0.5) is 26.3 Å². The van der Waals surface area contributed by atoms with Crippen molar-refractivity contribution in [2.45, 2.75) is 18.9 Å². The van der Waals surface area contributed by atoms with Gasteiger partial charge in [-0.25, -0.2) is 0 Å². The minimum Gasteiger partial charge on any atom is -0.369 e. The molecule has 7 N–H and O–H groups in total. The summed E-state index contributed by atoms with van der Waals surface area (Å²) in [7, 11) is 0. The summed E-state index contributed by atoms with van der Waals surface area (Å²) in [5.41, 5.74) is 16.4. The average molecular weight is 671 g/mol. The van der Waals surface area contributed by atoms with Gasteiger partial charge in [0.2, 0.25) is 11.8 Å². The minimum absolute atomic E-state index is 0. The van der Waals surface area contributed by atoms with Gasteiger partial charge >= 0.3 is 12.4 Å². The number of amides is 2. The van der Waals surface area contributed by atoms with Crippen LogP contribution >= 0.6 is 12.4 Å². The molecule has 246 valence electrons. The van der Waals surface area contributed by atoms with Crippen LogP contribution in [0.5, 0.6) is 0 Å². The van der Waals surface area contributed by atoms with Crippen LogP contribution < -0.4 is 22.5 Å². The van der Waals surface area contributed by atoms with E-state index >= 15 is 0 Å². The highest BCUT2D eigenvalue weighted by molar-refractivity contribution is 5.85. The van der Waals surface area contributed by atoms with Gasteiger partial charge in [-0.2, -0.15) is 26.3 Å². The first kappa shape index (κ1) is 39.2. The molecule has 46 heavy (non-hydrogen) atoms. The van der Waals surface area contributed by atoms with Gasteiger partial charge in [0.25, 0.3) is 0 Å². The van der Waals surface area contributed by atoms with Crippen LogP contribution in [0, 0.1) is 0 Å². The summed E-state index contributed by atoms with van der Waals surface area (Å²) in [5.74, 6) is -0.941. The molecule has 2 aromatic heterocycles. The molecule has 4 aromatic rings. The summed E-state index contributed by atoms with van der Waals surface area (Å²) >= 11 is 0. The summed E-state index contributed by atoms with van der Waals surface area (Å²) in [4.78, 5) is 38.6. The second kappa shape index (κ2) is 18.2. The number of nitrogens with one attached hydrogen (secondary N) is 1. The lowest BCUT2D eigenvalue weighted by molar-refractivity contribution is -0.138. The second-order valence-electron chi connectivity index (χ2n) is 9.01. The largest absolute Gasteiger partial charge is 0.416 e. The number of nitrogens with two attached hydrogens (primary N) is 3. The molecule has 4 rings (SSSR count). The molecule has 0 radical (unpaired) electrons. The summed E-state index contributed by atoms with van der Waals surface area (Å²) in [6, 6.07) is 16.3. The fourth-order valence-corrected chi connectivity index (χ4v) is 3.46. The van der Waals surface area contributed by atoms with Crippen LogP contribution in [0.15, 0.2) is 85.2 Å². The van der Waals surface area contributed by atoms with E-state index in [4.69, 9.17) is 11.5 Å². The lowest BCUT2D eigenvalue weighted by Crippen LogP contribution is -2.28. The molecule has 0 saturated carbocycles. The number of carbonyl (C=O) groups is 3. The smallest absolute Gasteiger partial charge is 0.369 e. The highest BCUT2D eigenvalue weighted by Gasteiger charge is 2.30. The number of hydrogen-bond donors (Lipinski definition) is 4. The predicted octanol–water partition coefficient (Wildman–Crippen LogP) is 4.77. The van der Waals surface area contributed by atoms with Crippen molar-refractivity contribution in [3.8, 4) is 22.3 Å². The van der Waals surface area contributed by atoms with Crippen LogP contribution in [0.1, 0.15) is 27.3 Å².